The first-order valence-corrected chi connectivity index (χ1v) is 9.23. The Bertz CT molecular complexity index is 515. The van der Waals surface area contributed by atoms with E-state index in [0.717, 1.165) is 58.5 Å². The Labute approximate surface area is 144 Å². The van der Waals surface area contributed by atoms with Gasteiger partial charge in [0.1, 0.15) is 5.54 Å². The molecule has 0 aromatic carbocycles. The van der Waals surface area contributed by atoms with Gasteiger partial charge in [-0.1, -0.05) is 13.8 Å². The second-order valence-corrected chi connectivity index (χ2v) is 7.45. The van der Waals surface area contributed by atoms with E-state index in [1.165, 1.54) is 0 Å². The van der Waals surface area contributed by atoms with Crippen molar-refractivity contribution in [3.8, 4) is 0 Å². The molecule has 1 amide bonds. The van der Waals surface area contributed by atoms with Gasteiger partial charge >= 0.3 is 0 Å². The summed E-state index contributed by atoms with van der Waals surface area (Å²) in [6, 6.07) is 1.91. The van der Waals surface area contributed by atoms with Crippen molar-refractivity contribution in [3.63, 3.8) is 0 Å². The van der Waals surface area contributed by atoms with Crippen LogP contribution < -0.4 is 5.32 Å². The Morgan fingerprint density at radius 3 is 2.62 bits per heavy atom. The molecule has 0 saturated carbocycles. The van der Waals surface area contributed by atoms with Crippen molar-refractivity contribution in [1.82, 2.24) is 20.0 Å². The predicted octanol–water partition coefficient (Wildman–Crippen LogP) is 1.63. The third kappa shape index (κ3) is 3.64. The quantitative estimate of drug-likeness (QED) is 0.889. The van der Waals surface area contributed by atoms with E-state index in [2.05, 4.69) is 24.3 Å². The van der Waals surface area contributed by atoms with Crippen LogP contribution in [0.15, 0.2) is 18.5 Å². The lowest BCUT2D eigenvalue weighted by atomic mass is 9.86. The molecule has 2 aliphatic rings. The topological polar surface area (TPSA) is 59.4 Å². The highest BCUT2D eigenvalue weighted by Gasteiger charge is 2.45. The summed E-state index contributed by atoms with van der Waals surface area (Å²) in [4.78, 5) is 15.4. The van der Waals surface area contributed by atoms with Crippen molar-refractivity contribution in [3.05, 3.63) is 18.5 Å². The summed E-state index contributed by atoms with van der Waals surface area (Å²) < 4.78 is 7.84. The molecule has 2 saturated heterocycles. The van der Waals surface area contributed by atoms with Crippen LogP contribution in [0.4, 0.5) is 0 Å². The molecule has 2 fully saturated rings. The first-order valence-electron chi connectivity index (χ1n) is 9.23. The van der Waals surface area contributed by atoms with Crippen LogP contribution in [0.25, 0.3) is 0 Å². The van der Waals surface area contributed by atoms with Crippen LogP contribution >= 0.6 is 0 Å². The predicted molar refractivity (Wildman–Crippen MR) is 92.7 cm³/mol. The lowest BCUT2D eigenvalue weighted by Gasteiger charge is -2.42. The summed E-state index contributed by atoms with van der Waals surface area (Å²) in [7, 11) is 0. The number of nitrogens with one attached hydrogen (secondary N) is 1. The Morgan fingerprint density at radius 1 is 1.33 bits per heavy atom. The summed E-state index contributed by atoms with van der Waals surface area (Å²) in [5, 5.41) is 7.77. The summed E-state index contributed by atoms with van der Waals surface area (Å²) in [6.07, 6.45) is 7.47. The molecule has 24 heavy (non-hydrogen) atoms. The summed E-state index contributed by atoms with van der Waals surface area (Å²) >= 11 is 0. The molecule has 3 rings (SSSR count). The third-order valence-corrected chi connectivity index (χ3v) is 5.17. The molecule has 0 bridgehead atoms. The average Bonchev–Trinajstić information content (AvgIpc) is 3.15. The number of hydrogen-bond acceptors (Lipinski definition) is 4. The Balaban J connectivity index is 1.64. The molecule has 1 aromatic heterocycles. The SMILES string of the molecule is CC(C)COC1CCN(C(=O)C2(n3cccn3)CCNCC2)CC1. The van der Waals surface area contributed by atoms with E-state index in [-0.39, 0.29) is 5.91 Å². The number of piperidine rings is 2. The van der Waals surface area contributed by atoms with Crippen LogP contribution in [0.3, 0.4) is 0 Å². The minimum atomic E-state index is -0.514. The normalized spacial score (nSPS) is 22.0. The van der Waals surface area contributed by atoms with Gasteiger partial charge in [0.2, 0.25) is 0 Å². The van der Waals surface area contributed by atoms with E-state index < -0.39 is 5.54 Å². The molecular weight excluding hydrogens is 304 g/mol. The molecule has 0 unspecified atom stereocenters. The maximum atomic E-state index is 13.3. The zero-order valence-electron chi connectivity index (χ0n) is 14.9. The zero-order valence-corrected chi connectivity index (χ0v) is 14.9. The molecule has 1 N–H and O–H groups in total. The average molecular weight is 334 g/mol. The van der Waals surface area contributed by atoms with Crippen molar-refractivity contribution in [1.29, 1.82) is 0 Å². The standard InChI is InChI=1S/C18H30N4O2/c1-15(2)14-24-16-4-12-21(13-5-16)17(23)18(6-9-19-10-7-18)22-11-3-8-20-22/h3,8,11,15-16,19H,4-7,9-10,12-14H2,1-2H3. The molecule has 0 spiro atoms. The number of ether oxygens (including phenoxy) is 1. The van der Waals surface area contributed by atoms with Crippen LogP contribution in [0.2, 0.25) is 0 Å². The van der Waals surface area contributed by atoms with Gasteiger partial charge in [0, 0.05) is 32.1 Å². The number of amides is 1. The van der Waals surface area contributed by atoms with Crippen molar-refractivity contribution in [2.45, 2.75) is 51.2 Å². The fourth-order valence-electron chi connectivity index (χ4n) is 3.75. The van der Waals surface area contributed by atoms with Crippen LogP contribution in [-0.2, 0) is 15.1 Å². The summed E-state index contributed by atoms with van der Waals surface area (Å²) in [6.45, 7) is 8.45. The van der Waals surface area contributed by atoms with Gasteiger partial charge in [0.05, 0.1) is 6.10 Å². The Kier molecular flexibility index (Phi) is 5.56. The van der Waals surface area contributed by atoms with Crippen LogP contribution in [-0.4, -0.2) is 59.5 Å². The fraction of sp³-hybridized carbons (Fsp3) is 0.778. The highest BCUT2D eigenvalue weighted by Crippen LogP contribution is 2.30. The van der Waals surface area contributed by atoms with Gasteiger partial charge in [-0.15, -0.1) is 0 Å². The number of aromatic nitrogens is 2. The molecule has 2 aliphatic heterocycles. The van der Waals surface area contributed by atoms with Crippen molar-refractivity contribution in [2.75, 3.05) is 32.8 Å². The van der Waals surface area contributed by atoms with Crippen molar-refractivity contribution in [2.24, 2.45) is 5.92 Å². The molecule has 0 aliphatic carbocycles. The van der Waals surface area contributed by atoms with Gasteiger partial charge in [-0.2, -0.15) is 5.10 Å². The van der Waals surface area contributed by atoms with E-state index in [0.29, 0.717) is 12.0 Å². The third-order valence-electron chi connectivity index (χ3n) is 5.17. The number of likely N-dealkylation sites (tertiary alicyclic amines) is 1. The smallest absolute Gasteiger partial charge is 0.250 e. The van der Waals surface area contributed by atoms with E-state index in [1.54, 1.807) is 6.20 Å². The number of hydrogen-bond donors (Lipinski definition) is 1. The maximum absolute atomic E-state index is 13.3. The van der Waals surface area contributed by atoms with Gasteiger partial charge in [0.15, 0.2) is 0 Å². The fourth-order valence-corrected chi connectivity index (χ4v) is 3.75. The number of nitrogens with zero attached hydrogens (tertiary/aromatic N) is 3. The highest BCUT2D eigenvalue weighted by atomic mass is 16.5. The van der Waals surface area contributed by atoms with Gasteiger partial charge in [-0.25, -0.2) is 0 Å². The number of carbonyl (C=O) groups is 1. The second kappa shape index (κ2) is 7.66. The molecule has 134 valence electrons. The van der Waals surface area contributed by atoms with Crippen molar-refractivity contribution >= 4 is 5.91 Å². The van der Waals surface area contributed by atoms with E-state index in [4.69, 9.17) is 4.74 Å². The van der Waals surface area contributed by atoms with Crippen LogP contribution in [0.5, 0.6) is 0 Å². The van der Waals surface area contributed by atoms with E-state index >= 15 is 0 Å². The number of carbonyl (C=O) groups excluding carboxylic acids is 1. The van der Waals surface area contributed by atoms with Gasteiger partial charge in [-0.3, -0.25) is 9.48 Å². The van der Waals surface area contributed by atoms with E-state index in [9.17, 15) is 4.79 Å². The summed E-state index contributed by atoms with van der Waals surface area (Å²) in [5.41, 5.74) is -0.514. The van der Waals surface area contributed by atoms with Gasteiger partial charge in [-0.05, 0) is 50.8 Å². The molecule has 3 heterocycles. The zero-order chi connectivity index (χ0) is 17.0. The van der Waals surface area contributed by atoms with Crippen LogP contribution in [0, 0.1) is 5.92 Å². The number of rotatable bonds is 5. The highest BCUT2D eigenvalue weighted by molar-refractivity contribution is 5.84. The van der Waals surface area contributed by atoms with Gasteiger partial charge in [0.25, 0.3) is 5.91 Å². The molecule has 6 nitrogen and oxygen atoms in total. The maximum Gasteiger partial charge on any atom is 0.250 e. The molecule has 1 aromatic rings. The lowest BCUT2D eigenvalue weighted by molar-refractivity contribution is -0.146. The molecule has 0 atom stereocenters. The monoisotopic (exact) mass is 334 g/mol. The minimum Gasteiger partial charge on any atom is -0.378 e. The van der Waals surface area contributed by atoms with Crippen LogP contribution in [0.1, 0.15) is 39.5 Å². The molecule has 0 radical (unpaired) electrons. The molecule has 6 heteroatoms. The van der Waals surface area contributed by atoms with E-state index in [1.807, 2.05) is 21.8 Å². The van der Waals surface area contributed by atoms with Gasteiger partial charge < -0.3 is 15.0 Å². The first kappa shape index (κ1) is 17.4. The second-order valence-electron chi connectivity index (χ2n) is 7.45. The van der Waals surface area contributed by atoms with Crippen molar-refractivity contribution < 1.29 is 9.53 Å². The first-order chi connectivity index (χ1) is 11.6. The molecular formula is C18H30N4O2. The summed E-state index contributed by atoms with van der Waals surface area (Å²) in [5.74, 6) is 0.789. The Hall–Kier alpha value is -1.40. The minimum absolute atomic E-state index is 0.231. The largest absolute Gasteiger partial charge is 0.378 e. The Morgan fingerprint density at radius 2 is 2.04 bits per heavy atom. The lowest BCUT2D eigenvalue weighted by Crippen LogP contribution is -2.57.